The molecule has 118 valence electrons. The smallest absolute Gasteiger partial charge is 0.322 e. The number of nitriles is 1. The zero-order valence-corrected chi connectivity index (χ0v) is 13.0. The number of piperazine rings is 1. The Labute approximate surface area is 136 Å². The highest BCUT2D eigenvalue weighted by Gasteiger charge is 2.22. The molecule has 2 amide bonds. The largest absolute Gasteiger partial charge is 0.345 e. The highest BCUT2D eigenvalue weighted by molar-refractivity contribution is 7.13. The molecular formula is C15H14FN5OS. The third-order valence-electron chi connectivity index (χ3n) is 3.60. The second-order valence-corrected chi connectivity index (χ2v) is 5.89. The van der Waals surface area contributed by atoms with Crippen LogP contribution in [0, 0.1) is 17.1 Å². The van der Waals surface area contributed by atoms with Gasteiger partial charge in [-0.15, -0.1) is 11.3 Å². The highest BCUT2D eigenvalue weighted by Crippen LogP contribution is 2.20. The van der Waals surface area contributed by atoms with Crippen molar-refractivity contribution in [3.8, 4) is 6.07 Å². The number of hydrogen-bond acceptors (Lipinski definition) is 5. The van der Waals surface area contributed by atoms with E-state index >= 15 is 0 Å². The molecule has 8 heteroatoms. The van der Waals surface area contributed by atoms with Crippen LogP contribution in [0.5, 0.6) is 0 Å². The van der Waals surface area contributed by atoms with Gasteiger partial charge in [-0.1, -0.05) is 0 Å². The molecule has 1 fully saturated rings. The van der Waals surface area contributed by atoms with Gasteiger partial charge in [-0.25, -0.2) is 14.2 Å². The number of carbonyl (C=O) groups is 1. The van der Waals surface area contributed by atoms with E-state index in [9.17, 15) is 9.18 Å². The summed E-state index contributed by atoms with van der Waals surface area (Å²) in [5, 5.41) is 14.6. The third kappa shape index (κ3) is 3.40. The van der Waals surface area contributed by atoms with Crippen LogP contribution in [0.1, 0.15) is 5.56 Å². The van der Waals surface area contributed by atoms with Gasteiger partial charge in [-0.3, -0.25) is 0 Å². The number of amides is 2. The predicted octanol–water partition coefficient (Wildman–Crippen LogP) is 2.51. The van der Waals surface area contributed by atoms with Gasteiger partial charge in [0.1, 0.15) is 11.9 Å². The number of benzene rings is 1. The maximum absolute atomic E-state index is 13.1. The summed E-state index contributed by atoms with van der Waals surface area (Å²) in [6, 6.07) is 5.32. The van der Waals surface area contributed by atoms with Crippen LogP contribution >= 0.6 is 11.3 Å². The average Bonchev–Trinajstić information content (AvgIpc) is 3.11. The molecule has 1 aromatic heterocycles. The van der Waals surface area contributed by atoms with E-state index in [-0.39, 0.29) is 11.6 Å². The molecule has 1 aromatic carbocycles. The summed E-state index contributed by atoms with van der Waals surface area (Å²) in [7, 11) is 0. The van der Waals surface area contributed by atoms with Crippen LogP contribution in [0.3, 0.4) is 0 Å². The van der Waals surface area contributed by atoms with E-state index in [1.54, 1.807) is 22.4 Å². The van der Waals surface area contributed by atoms with Crippen LogP contribution in [0.15, 0.2) is 29.8 Å². The van der Waals surface area contributed by atoms with E-state index in [2.05, 4.69) is 15.2 Å². The van der Waals surface area contributed by atoms with E-state index in [1.807, 2.05) is 11.4 Å². The van der Waals surface area contributed by atoms with Gasteiger partial charge in [0.15, 0.2) is 5.13 Å². The van der Waals surface area contributed by atoms with Gasteiger partial charge >= 0.3 is 6.03 Å². The topological polar surface area (TPSA) is 72.3 Å². The minimum absolute atomic E-state index is 0.111. The van der Waals surface area contributed by atoms with Gasteiger partial charge in [0.05, 0.1) is 11.3 Å². The SMILES string of the molecule is N#Cc1cc(F)ccc1NC(=O)N1CCN(c2nccs2)CC1. The van der Waals surface area contributed by atoms with E-state index in [1.165, 1.54) is 12.1 Å². The fourth-order valence-corrected chi connectivity index (χ4v) is 3.08. The second-order valence-electron chi connectivity index (χ2n) is 5.02. The molecule has 0 atom stereocenters. The molecule has 1 aliphatic heterocycles. The Morgan fingerprint density at radius 2 is 2.13 bits per heavy atom. The Morgan fingerprint density at radius 3 is 2.78 bits per heavy atom. The molecule has 1 aliphatic rings. The maximum Gasteiger partial charge on any atom is 0.322 e. The van der Waals surface area contributed by atoms with Crippen molar-refractivity contribution in [3.63, 3.8) is 0 Å². The molecule has 0 unspecified atom stereocenters. The van der Waals surface area contributed by atoms with Gasteiger partial charge in [0.25, 0.3) is 0 Å². The summed E-state index contributed by atoms with van der Waals surface area (Å²) in [6.45, 7) is 2.54. The summed E-state index contributed by atoms with van der Waals surface area (Å²) in [6.07, 6.45) is 1.76. The molecule has 1 N–H and O–H groups in total. The average molecular weight is 331 g/mol. The van der Waals surface area contributed by atoms with Gasteiger partial charge < -0.3 is 15.1 Å². The number of halogens is 1. The van der Waals surface area contributed by atoms with Gasteiger partial charge in [0, 0.05) is 37.8 Å². The highest BCUT2D eigenvalue weighted by atomic mass is 32.1. The van der Waals surface area contributed by atoms with E-state index in [4.69, 9.17) is 5.26 Å². The summed E-state index contributed by atoms with van der Waals surface area (Å²) in [5.74, 6) is -0.503. The van der Waals surface area contributed by atoms with Crippen LogP contribution in [0.2, 0.25) is 0 Å². The Morgan fingerprint density at radius 1 is 1.35 bits per heavy atom. The zero-order valence-electron chi connectivity index (χ0n) is 12.2. The normalized spacial score (nSPS) is 14.4. The number of thiazole rings is 1. The van der Waals surface area contributed by atoms with Crippen molar-refractivity contribution >= 4 is 28.2 Å². The molecule has 0 bridgehead atoms. The van der Waals surface area contributed by atoms with Crippen LogP contribution < -0.4 is 10.2 Å². The van der Waals surface area contributed by atoms with Crippen LogP contribution in [0.25, 0.3) is 0 Å². The number of carbonyl (C=O) groups excluding carboxylic acids is 1. The third-order valence-corrected chi connectivity index (χ3v) is 4.43. The summed E-state index contributed by atoms with van der Waals surface area (Å²) >= 11 is 1.57. The van der Waals surface area contributed by atoms with E-state index in [0.717, 1.165) is 11.2 Å². The Hall–Kier alpha value is -2.66. The maximum atomic E-state index is 13.1. The lowest BCUT2D eigenvalue weighted by molar-refractivity contribution is 0.208. The lowest BCUT2D eigenvalue weighted by atomic mass is 10.2. The minimum atomic E-state index is -0.503. The minimum Gasteiger partial charge on any atom is -0.345 e. The van der Waals surface area contributed by atoms with Gasteiger partial charge in [-0.05, 0) is 18.2 Å². The monoisotopic (exact) mass is 331 g/mol. The van der Waals surface area contributed by atoms with Gasteiger partial charge in [-0.2, -0.15) is 5.26 Å². The number of hydrogen-bond donors (Lipinski definition) is 1. The molecule has 3 rings (SSSR count). The molecule has 23 heavy (non-hydrogen) atoms. The van der Waals surface area contributed by atoms with Crippen LogP contribution in [-0.4, -0.2) is 42.1 Å². The lowest BCUT2D eigenvalue weighted by Crippen LogP contribution is -2.50. The fraction of sp³-hybridized carbons (Fsp3) is 0.267. The molecule has 2 heterocycles. The molecule has 2 aromatic rings. The number of anilines is 2. The summed E-state index contributed by atoms with van der Waals surface area (Å²) in [5.41, 5.74) is 0.432. The molecule has 6 nitrogen and oxygen atoms in total. The van der Waals surface area contributed by atoms with E-state index < -0.39 is 5.82 Å². The molecule has 0 radical (unpaired) electrons. The predicted molar refractivity (Wildman–Crippen MR) is 86.0 cm³/mol. The first-order valence-corrected chi connectivity index (χ1v) is 7.95. The lowest BCUT2D eigenvalue weighted by Gasteiger charge is -2.34. The number of rotatable bonds is 2. The first kappa shape index (κ1) is 15.2. The van der Waals surface area contributed by atoms with Crippen molar-refractivity contribution in [3.05, 3.63) is 41.2 Å². The number of urea groups is 1. The Bertz CT molecular complexity index is 735. The molecule has 0 saturated carbocycles. The first-order chi connectivity index (χ1) is 11.2. The van der Waals surface area contributed by atoms with Gasteiger partial charge in [0.2, 0.25) is 0 Å². The van der Waals surface area contributed by atoms with Crippen molar-refractivity contribution in [1.82, 2.24) is 9.88 Å². The molecule has 0 spiro atoms. The molecular weight excluding hydrogens is 317 g/mol. The second kappa shape index (κ2) is 6.62. The summed E-state index contributed by atoms with van der Waals surface area (Å²) in [4.78, 5) is 20.4. The standard InChI is InChI=1S/C15H14FN5OS/c16-12-1-2-13(11(9-12)10-17)19-14(22)20-4-6-21(7-5-20)15-18-3-8-23-15/h1-3,8-9H,4-7H2,(H,19,22). The molecule has 1 saturated heterocycles. The van der Waals surface area contributed by atoms with Crippen molar-refractivity contribution in [2.75, 3.05) is 36.4 Å². The van der Waals surface area contributed by atoms with E-state index in [0.29, 0.717) is 31.9 Å². The van der Waals surface area contributed by atoms with Crippen LogP contribution in [0.4, 0.5) is 20.0 Å². The Kier molecular flexibility index (Phi) is 4.39. The zero-order chi connectivity index (χ0) is 16.2. The van der Waals surface area contributed by atoms with Crippen molar-refractivity contribution in [2.45, 2.75) is 0 Å². The van der Waals surface area contributed by atoms with Crippen molar-refractivity contribution < 1.29 is 9.18 Å². The number of aromatic nitrogens is 1. The van der Waals surface area contributed by atoms with Crippen LogP contribution in [-0.2, 0) is 0 Å². The first-order valence-electron chi connectivity index (χ1n) is 7.07. The number of nitrogens with one attached hydrogen (secondary N) is 1. The van der Waals surface area contributed by atoms with Crippen molar-refractivity contribution in [2.24, 2.45) is 0 Å². The number of nitrogens with zero attached hydrogens (tertiary/aromatic N) is 4. The fourth-order valence-electron chi connectivity index (χ4n) is 2.39. The quantitative estimate of drug-likeness (QED) is 0.918. The molecule has 0 aliphatic carbocycles. The Balaban J connectivity index is 1.61. The summed E-state index contributed by atoms with van der Waals surface area (Å²) < 4.78 is 13.1. The van der Waals surface area contributed by atoms with Crippen molar-refractivity contribution in [1.29, 1.82) is 5.26 Å².